The minimum absolute atomic E-state index is 0.506. The largest absolute Gasteiger partial charge is 0.309 e. The summed E-state index contributed by atoms with van der Waals surface area (Å²) in [7, 11) is 4.19. The van der Waals surface area contributed by atoms with Gasteiger partial charge in [0.15, 0.2) is 0 Å². The second kappa shape index (κ2) is 6.83. The molecular weight excluding hydrogens is 324 g/mol. The van der Waals surface area contributed by atoms with E-state index in [-0.39, 0.29) is 0 Å². The van der Waals surface area contributed by atoms with Gasteiger partial charge in [0, 0.05) is 38.8 Å². The molecule has 1 aromatic carbocycles. The number of benzene rings is 1. The standard InChI is InChI=1S/C19H19ClN2S/c1-13(14-8-6-11-21-19(14)20)18-15-7-4-5-9-16(15)23-17(18)10-12-22(2)3/h4-9,11H,1,10,12H2,2-3H3. The predicted molar refractivity (Wildman–Crippen MR) is 101 cm³/mol. The van der Waals surface area contributed by atoms with Gasteiger partial charge in [0.2, 0.25) is 0 Å². The fourth-order valence-corrected chi connectivity index (χ4v) is 4.13. The van der Waals surface area contributed by atoms with E-state index in [4.69, 9.17) is 11.6 Å². The molecule has 3 aromatic rings. The Balaban J connectivity index is 2.12. The van der Waals surface area contributed by atoms with Gasteiger partial charge in [-0.05, 0) is 44.3 Å². The summed E-state index contributed by atoms with van der Waals surface area (Å²) in [4.78, 5) is 7.75. The maximum absolute atomic E-state index is 6.29. The Kier molecular flexibility index (Phi) is 4.81. The van der Waals surface area contributed by atoms with Gasteiger partial charge in [-0.1, -0.05) is 36.4 Å². The number of hydrogen-bond donors (Lipinski definition) is 0. The summed E-state index contributed by atoms with van der Waals surface area (Å²) in [5, 5.41) is 1.75. The molecule has 2 nitrogen and oxygen atoms in total. The lowest BCUT2D eigenvalue weighted by Gasteiger charge is -2.12. The number of rotatable bonds is 5. The molecule has 118 valence electrons. The highest BCUT2D eigenvalue weighted by Crippen LogP contribution is 2.39. The van der Waals surface area contributed by atoms with Crippen LogP contribution in [0.1, 0.15) is 16.0 Å². The SMILES string of the molecule is C=C(c1cccnc1Cl)c1c(CCN(C)C)sc2ccccc12. The average molecular weight is 343 g/mol. The summed E-state index contributed by atoms with van der Waals surface area (Å²) in [5.41, 5.74) is 3.07. The Morgan fingerprint density at radius 3 is 2.74 bits per heavy atom. The van der Waals surface area contributed by atoms with Crippen molar-refractivity contribution in [3.05, 3.63) is 70.3 Å². The summed E-state index contributed by atoms with van der Waals surface area (Å²) < 4.78 is 1.29. The van der Waals surface area contributed by atoms with Gasteiger partial charge in [-0.3, -0.25) is 0 Å². The van der Waals surface area contributed by atoms with Crippen molar-refractivity contribution >= 4 is 38.6 Å². The van der Waals surface area contributed by atoms with Crippen LogP contribution >= 0.6 is 22.9 Å². The van der Waals surface area contributed by atoms with Crippen LogP contribution in [0.4, 0.5) is 0 Å². The van der Waals surface area contributed by atoms with Crippen molar-refractivity contribution in [2.24, 2.45) is 0 Å². The number of aromatic nitrogens is 1. The highest BCUT2D eigenvalue weighted by atomic mass is 35.5. The maximum atomic E-state index is 6.29. The van der Waals surface area contributed by atoms with E-state index in [0.717, 1.165) is 24.1 Å². The van der Waals surface area contributed by atoms with Gasteiger partial charge in [-0.2, -0.15) is 0 Å². The molecule has 3 rings (SSSR count). The molecule has 0 fully saturated rings. The molecule has 0 aliphatic rings. The van der Waals surface area contributed by atoms with Crippen LogP contribution in [-0.4, -0.2) is 30.5 Å². The first kappa shape index (κ1) is 16.2. The van der Waals surface area contributed by atoms with E-state index in [1.54, 1.807) is 6.20 Å². The summed E-state index contributed by atoms with van der Waals surface area (Å²) >= 11 is 8.13. The molecule has 0 spiro atoms. The minimum atomic E-state index is 0.506. The highest BCUT2D eigenvalue weighted by molar-refractivity contribution is 7.19. The third-order valence-corrected chi connectivity index (χ3v) is 5.37. The number of nitrogens with zero attached hydrogens (tertiary/aromatic N) is 2. The Bertz CT molecular complexity index is 851. The van der Waals surface area contributed by atoms with Crippen molar-refractivity contribution in [1.29, 1.82) is 0 Å². The molecule has 23 heavy (non-hydrogen) atoms. The van der Waals surface area contributed by atoms with E-state index in [0.29, 0.717) is 5.15 Å². The quantitative estimate of drug-likeness (QED) is 0.598. The van der Waals surface area contributed by atoms with Gasteiger partial charge in [0.25, 0.3) is 0 Å². The van der Waals surface area contributed by atoms with Gasteiger partial charge in [0.1, 0.15) is 5.15 Å². The van der Waals surface area contributed by atoms with Crippen molar-refractivity contribution in [2.45, 2.75) is 6.42 Å². The van der Waals surface area contributed by atoms with Crippen LogP contribution in [0, 0.1) is 0 Å². The van der Waals surface area contributed by atoms with Crippen LogP contribution < -0.4 is 0 Å². The van der Waals surface area contributed by atoms with Crippen molar-refractivity contribution in [2.75, 3.05) is 20.6 Å². The molecule has 0 saturated heterocycles. The molecule has 0 atom stereocenters. The van der Waals surface area contributed by atoms with Crippen molar-refractivity contribution < 1.29 is 0 Å². The Morgan fingerprint density at radius 2 is 2.00 bits per heavy atom. The van der Waals surface area contributed by atoms with Crippen LogP contribution in [0.2, 0.25) is 5.15 Å². The van der Waals surface area contributed by atoms with E-state index in [2.05, 4.69) is 54.8 Å². The first-order valence-corrected chi connectivity index (χ1v) is 8.72. The number of fused-ring (bicyclic) bond motifs is 1. The first-order chi connectivity index (χ1) is 11.1. The lowest BCUT2D eigenvalue weighted by molar-refractivity contribution is 0.415. The van der Waals surface area contributed by atoms with E-state index >= 15 is 0 Å². The average Bonchev–Trinajstić information content (AvgIpc) is 2.91. The van der Waals surface area contributed by atoms with Crippen LogP contribution in [0.5, 0.6) is 0 Å². The summed E-state index contributed by atoms with van der Waals surface area (Å²) in [6.07, 6.45) is 2.70. The number of likely N-dealkylation sites (N-methyl/N-ethyl adjacent to an activating group) is 1. The van der Waals surface area contributed by atoms with Crippen LogP contribution in [0.3, 0.4) is 0 Å². The molecule has 0 saturated carbocycles. The third-order valence-electron chi connectivity index (χ3n) is 3.84. The Hall–Kier alpha value is -1.68. The molecule has 0 aliphatic carbocycles. The highest BCUT2D eigenvalue weighted by Gasteiger charge is 2.17. The second-order valence-corrected chi connectivity index (χ2v) is 7.26. The van der Waals surface area contributed by atoms with Gasteiger partial charge < -0.3 is 4.90 Å². The molecule has 0 radical (unpaired) electrons. The Morgan fingerprint density at radius 1 is 1.22 bits per heavy atom. The van der Waals surface area contributed by atoms with E-state index in [9.17, 15) is 0 Å². The number of hydrogen-bond acceptors (Lipinski definition) is 3. The van der Waals surface area contributed by atoms with Crippen molar-refractivity contribution in [3.8, 4) is 0 Å². The lowest BCUT2D eigenvalue weighted by Crippen LogP contribution is -2.15. The summed E-state index contributed by atoms with van der Waals surface area (Å²) in [6.45, 7) is 5.34. The minimum Gasteiger partial charge on any atom is -0.309 e. The lowest BCUT2D eigenvalue weighted by atomic mass is 9.97. The van der Waals surface area contributed by atoms with Gasteiger partial charge in [0.05, 0.1) is 0 Å². The fourth-order valence-electron chi connectivity index (χ4n) is 2.67. The number of pyridine rings is 1. The van der Waals surface area contributed by atoms with Gasteiger partial charge in [-0.25, -0.2) is 4.98 Å². The molecule has 2 aromatic heterocycles. The number of halogens is 1. The van der Waals surface area contributed by atoms with E-state index in [1.807, 2.05) is 23.5 Å². The van der Waals surface area contributed by atoms with Crippen LogP contribution in [0.15, 0.2) is 49.2 Å². The molecule has 0 unspecified atom stereocenters. The normalized spacial score (nSPS) is 11.3. The molecule has 0 N–H and O–H groups in total. The Labute approximate surface area is 146 Å². The number of thiophene rings is 1. The molecule has 0 aliphatic heterocycles. The van der Waals surface area contributed by atoms with Crippen LogP contribution in [0.25, 0.3) is 15.7 Å². The first-order valence-electron chi connectivity index (χ1n) is 7.53. The third kappa shape index (κ3) is 3.32. The monoisotopic (exact) mass is 342 g/mol. The van der Waals surface area contributed by atoms with Crippen LogP contribution in [-0.2, 0) is 6.42 Å². The zero-order chi connectivity index (χ0) is 16.4. The fraction of sp³-hybridized carbons (Fsp3) is 0.211. The zero-order valence-electron chi connectivity index (χ0n) is 13.3. The van der Waals surface area contributed by atoms with E-state index in [1.165, 1.54) is 20.5 Å². The van der Waals surface area contributed by atoms with E-state index < -0.39 is 0 Å². The maximum Gasteiger partial charge on any atom is 0.136 e. The van der Waals surface area contributed by atoms with Gasteiger partial charge >= 0.3 is 0 Å². The molecule has 4 heteroatoms. The van der Waals surface area contributed by atoms with Gasteiger partial charge in [-0.15, -0.1) is 11.3 Å². The topological polar surface area (TPSA) is 16.1 Å². The smallest absolute Gasteiger partial charge is 0.136 e. The van der Waals surface area contributed by atoms with Crippen molar-refractivity contribution in [1.82, 2.24) is 9.88 Å². The van der Waals surface area contributed by atoms with Crippen molar-refractivity contribution in [3.63, 3.8) is 0 Å². The predicted octanol–water partition coefficient (Wildman–Crippen LogP) is 5.12. The second-order valence-electron chi connectivity index (χ2n) is 5.77. The summed E-state index contributed by atoms with van der Waals surface area (Å²) in [5.74, 6) is 0. The molecule has 0 bridgehead atoms. The summed E-state index contributed by atoms with van der Waals surface area (Å²) in [6, 6.07) is 12.4. The zero-order valence-corrected chi connectivity index (χ0v) is 14.9. The molecular formula is C19H19ClN2S. The molecule has 2 heterocycles. The molecule has 0 amide bonds.